The van der Waals surface area contributed by atoms with Crippen LogP contribution in [-0.4, -0.2) is 44.1 Å². The molecule has 0 spiro atoms. The zero-order valence-corrected chi connectivity index (χ0v) is 16.9. The monoisotopic (exact) mass is 382 g/mol. The van der Waals surface area contributed by atoms with E-state index in [1.165, 1.54) is 5.01 Å². The number of nitrogens with zero attached hydrogens (tertiary/aromatic N) is 2. The molecule has 0 aliphatic carbocycles. The fourth-order valence-electron chi connectivity index (χ4n) is 3.37. The van der Waals surface area contributed by atoms with Gasteiger partial charge in [-0.3, -0.25) is 0 Å². The third kappa shape index (κ3) is 3.47. The smallest absolute Gasteiger partial charge is 0.337 e. The highest BCUT2D eigenvalue weighted by Gasteiger charge is 2.28. The van der Waals surface area contributed by atoms with E-state index in [2.05, 4.69) is 5.32 Å². The molecule has 2 amide bonds. The molecular formula is C21H26N4O3. The summed E-state index contributed by atoms with van der Waals surface area (Å²) in [4.78, 5) is 12.5. The van der Waals surface area contributed by atoms with Crippen LogP contribution in [0.4, 0.5) is 10.5 Å². The Morgan fingerprint density at radius 1 is 1.21 bits per heavy atom. The van der Waals surface area contributed by atoms with Gasteiger partial charge in [-0.05, 0) is 55.7 Å². The molecule has 1 atom stereocenters. The van der Waals surface area contributed by atoms with Crippen molar-refractivity contribution in [2.45, 2.75) is 26.3 Å². The standard InChI is InChI=1S/C21H26N4O3/c1-12-8-14(6-7-17(12)22)20-16-11-19(28-5)18(27-4)10-15(16)9-13(2)25(24-20)21(26)23-3/h6-8,10-11,13H,9,22H2,1-5H3,(H,23,26)/t13-/m0/s1. The fraction of sp³-hybridized carbons (Fsp3) is 0.333. The Morgan fingerprint density at radius 3 is 2.50 bits per heavy atom. The number of ether oxygens (including phenoxy) is 2. The lowest BCUT2D eigenvalue weighted by molar-refractivity contribution is 0.184. The van der Waals surface area contributed by atoms with Gasteiger partial charge in [-0.25, -0.2) is 9.80 Å². The van der Waals surface area contributed by atoms with Crippen molar-refractivity contribution in [3.63, 3.8) is 0 Å². The highest BCUT2D eigenvalue weighted by atomic mass is 16.5. The van der Waals surface area contributed by atoms with Crippen molar-refractivity contribution in [3.8, 4) is 11.5 Å². The molecule has 0 saturated heterocycles. The van der Waals surface area contributed by atoms with Crippen LogP contribution < -0.4 is 20.5 Å². The maximum absolute atomic E-state index is 12.5. The fourth-order valence-corrected chi connectivity index (χ4v) is 3.37. The maximum Gasteiger partial charge on any atom is 0.337 e. The van der Waals surface area contributed by atoms with Gasteiger partial charge in [0.05, 0.1) is 26.0 Å². The van der Waals surface area contributed by atoms with Gasteiger partial charge in [0.2, 0.25) is 0 Å². The van der Waals surface area contributed by atoms with Crippen LogP contribution in [0.1, 0.15) is 29.2 Å². The second kappa shape index (κ2) is 7.80. The third-order valence-corrected chi connectivity index (χ3v) is 4.97. The number of carbonyl (C=O) groups is 1. The summed E-state index contributed by atoms with van der Waals surface area (Å²) in [6.07, 6.45) is 0.629. The van der Waals surface area contributed by atoms with E-state index >= 15 is 0 Å². The summed E-state index contributed by atoms with van der Waals surface area (Å²) in [5, 5.41) is 8.90. The lowest BCUT2D eigenvalue weighted by Gasteiger charge is -2.22. The number of hydrogen-bond donors (Lipinski definition) is 2. The van der Waals surface area contributed by atoms with Crippen LogP contribution in [0.5, 0.6) is 11.5 Å². The molecule has 0 unspecified atom stereocenters. The summed E-state index contributed by atoms with van der Waals surface area (Å²) >= 11 is 0. The first kappa shape index (κ1) is 19.5. The van der Waals surface area contributed by atoms with Crippen LogP contribution >= 0.6 is 0 Å². The van der Waals surface area contributed by atoms with Gasteiger partial charge in [-0.1, -0.05) is 6.07 Å². The lowest BCUT2D eigenvalue weighted by atomic mass is 9.93. The molecule has 2 aromatic rings. The van der Waals surface area contributed by atoms with E-state index in [4.69, 9.17) is 20.3 Å². The Hall–Kier alpha value is -3.22. The molecule has 2 aromatic carbocycles. The highest BCUT2D eigenvalue weighted by molar-refractivity contribution is 6.14. The van der Waals surface area contributed by atoms with Crippen molar-refractivity contribution in [3.05, 3.63) is 52.6 Å². The van der Waals surface area contributed by atoms with Gasteiger partial charge in [0, 0.05) is 23.9 Å². The number of hydrazone groups is 1. The van der Waals surface area contributed by atoms with Gasteiger partial charge in [0.1, 0.15) is 0 Å². The Bertz CT molecular complexity index is 939. The molecule has 0 radical (unpaired) electrons. The summed E-state index contributed by atoms with van der Waals surface area (Å²) < 4.78 is 11.0. The minimum absolute atomic E-state index is 0.135. The Balaban J connectivity index is 2.27. The predicted octanol–water partition coefficient (Wildman–Crippen LogP) is 2.93. The first-order valence-corrected chi connectivity index (χ1v) is 9.10. The SMILES string of the molecule is CNC(=O)N1N=C(c2ccc(N)c(C)c2)c2cc(OC)c(OC)cc2C[C@@H]1C. The second-order valence-corrected chi connectivity index (χ2v) is 6.84. The molecule has 0 bridgehead atoms. The maximum atomic E-state index is 12.5. The Kier molecular flexibility index (Phi) is 5.44. The van der Waals surface area contributed by atoms with Crippen molar-refractivity contribution >= 4 is 17.4 Å². The number of nitrogen functional groups attached to an aromatic ring is 1. The molecule has 3 N–H and O–H groups in total. The minimum atomic E-state index is -0.260. The summed E-state index contributed by atoms with van der Waals surface area (Å²) in [5.74, 6) is 1.26. The predicted molar refractivity (Wildman–Crippen MR) is 110 cm³/mol. The highest BCUT2D eigenvalue weighted by Crippen LogP contribution is 2.34. The van der Waals surface area contributed by atoms with Crippen LogP contribution in [0, 0.1) is 6.92 Å². The lowest BCUT2D eigenvalue weighted by Crippen LogP contribution is -2.41. The number of benzene rings is 2. The Morgan fingerprint density at radius 2 is 1.89 bits per heavy atom. The van der Waals surface area contributed by atoms with Crippen LogP contribution in [0.15, 0.2) is 35.4 Å². The zero-order valence-electron chi connectivity index (χ0n) is 16.9. The van der Waals surface area contributed by atoms with E-state index in [1.807, 2.05) is 44.2 Å². The number of hydrogen-bond acceptors (Lipinski definition) is 5. The summed E-state index contributed by atoms with van der Waals surface area (Å²) in [7, 11) is 4.81. The van der Waals surface area contributed by atoms with Gasteiger partial charge >= 0.3 is 6.03 Å². The number of nitrogens with two attached hydrogens (primary N) is 1. The average Bonchev–Trinajstić information content (AvgIpc) is 2.84. The van der Waals surface area contributed by atoms with Gasteiger partial charge < -0.3 is 20.5 Å². The number of fused-ring (bicyclic) bond motifs is 1. The molecule has 7 heteroatoms. The van der Waals surface area contributed by atoms with Crippen LogP contribution in [0.2, 0.25) is 0 Å². The normalized spacial score (nSPS) is 16.0. The first-order valence-electron chi connectivity index (χ1n) is 9.10. The third-order valence-electron chi connectivity index (χ3n) is 4.97. The molecular weight excluding hydrogens is 356 g/mol. The van der Waals surface area contributed by atoms with Crippen LogP contribution in [0.25, 0.3) is 0 Å². The van der Waals surface area contributed by atoms with Crippen molar-refractivity contribution in [1.82, 2.24) is 10.3 Å². The average molecular weight is 382 g/mol. The van der Waals surface area contributed by atoms with Crippen molar-refractivity contribution in [1.29, 1.82) is 0 Å². The Labute approximate surface area is 165 Å². The largest absolute Gasteiger partial charge is 0.493 e. The summed E-state index contributed by atoms with van der Waals surface area (Å²) in [6.45, 7) is 3.92. The van der Waals surface area contributed by atoms with E-state index in [0.717, 1.165) is 22.3 Å². The number of rotatable bonds is 3. The summed E-state index contributed by atoms with van der Waals surface area (Å²) in [5.41, 5.74) is 11.2. The molecule has 0 aromatic heterocycles. The number of nitrogens with one attached hydrogen (secondary N) is 1. The number of amides is 2. The van der Waals surface area contributed by atoms with Crippen molar-refractivity contribution < 1.29 is 14.3 Å². The molecule has 1 aliphatic heterocycles. The molecule has 7 nitrogen and oxygen atoms in total. The van der Waals surface area contributed by atoms with Crippen molar-refractivity contribution in [2.75, 3.05) is 27.0 Å². The zero-order chi connectivity index (χ0) is 20.4. The van der Waals surface area contributed by atoms with Gasteiger partial charge in [-0.15, -0.1) is 0 Å². The molecule has 28 heavy (non-hydrogen) atoms. The second-order valence-electron chi connectivity index (χ2n) is 6.84. The minimum Gasteiger partial charge on any atom is -0.493 e. The van der Waals surface area contributed by atoms with E-state index in [9.17, 15) is 4.79 Å². The number of urea groups is 1. The first-order chi connectivity index (χ1) is 13.4. The topological polar surface area (TPSA) is 89.2 Å². The molecule has 148 valence electrons. The van der Waals surface area contributed by atoms with Crippen molar-refractivity contribution in [2.24, 2.45) is 5.10 Å². The quantitative estimate of drug-likeness (QED) is 0.799. The van der Waals surface area contributed by atoms with Crippen LogP contribution in [0.3, 0.4) is 0 Å². The molecule has 3 rings (SSSR count). The number of methoxy groups -OCH3 is 2. The molecule has 1 heterocycles. The molecule has 0 saturated carbocycles. The summed E-state index contributed by atoms with van der Waals surface area (Å²) in [6, 6.07) is 9.22. The van der Waals surface area contributed by atoms with E-state index < -0.39 is 0 Å². The molecule has 1 aliphatic rings. The van der Waals surface area contributed by atoms with E-state index in [-0.39, 0.29) is 12.1 Å². The van der Waals surface area contributed by atoms with E-state index in [0.29, 0.717) is 29.3 Å². The van der Waals surface area contributed by atoms with E-state index in [1.54, 1.807) is 21.3 Å². The number of carbonyl (C=O) groups excluding carboxylic acids is 1. The number of anilines is 1. The molecule has 0 fully saturated rings. The van der Waals surface area contributed by atoms with Gasteiger partial charge in [0.15, 0.2) is 11.5 Å². The van der Waals surface area contributed by atoms with Gasteiger partial charge in [-0.2, -0.15) is 5.10 Å². The van der Waals surface area contributed by atoms with Gasteiger partial charge in [0.25, 0.3) is 0 Å². The van der Waals surface area contributed by atoms with Crippen LogP contribution in [-0.2, 0) is 6.42 Å². The number of aryl methyl sites for hydroxylation is 1.